The quantitative estimate of drug-likeness (QED) is 0.835. The lowest BCUT2D eigenvalue weighted by molar-refractivity contribution is 0.111. The number of hydrogen-bond acceptors (Lipinski definition) is 3. The first-order valence-corrected chi connectivity index (χ1v) is 10.9. The van der Waals surface area contributed by atoms with Crippen LogP contribution in [0.25, 0.3) is 0 Å². The third kappa shape index (κ3) is 3.36. The maximum atomic E-state index is 11.4. The monoisotopic (exact) mass is 391 g/mol. The molecule has 138 valence electrons. The first-order chi connectivity index (χ1) is 12.4. The van der Waals surface area contributed by atoms with E-state index in [-0.39, 0.29) is 11.0 Å². The summed E-state index contributed by atoms with van der Waals surface area (Å²) in [6.45, 7) is 0. The minimum absolute atomic E-state index is 0.0852. The number of benzene rings is 2. The molecule has 0 bridgehead atoms. The van der Waals surface area contributed by atoms with Crippen molar-refractivity contribution in [3.05, 3.63) is 58.6 Å². The molecule has 2 N–H and O–H groups in total. The van der Waals surface area contributed by atoms with Gasteiger partial charge in [0.05, 0.1) is 4.90 Å². The first kappa shape index (κ1) is 17.8. The van der Waals surface area contributed by atoms with Crippen molar-refractivity contribution in [3.63, 3.8) is 0 Å². The molecule has 1 saturated carbocycles. The Bertz CT molecular complexity index is 905. The van der Waals surface area contributed by atoms with Crippen LogP contribution in [0, 0.1) is 11.8 Å². The van der Waals surface area contributed by atoms with E-state index in [0.29, 0.717) is 17.6 Å². The zero-order valence-electron chi connectivity index (χ0n) is 14.4. The van der Waals surface area contributed by atoms with Gasteiger partial charge in [-0.05, 0) is 48.2 Å². The Labute approximate surface area is 159 Å². The molecule has 0 aromatic heterocycles. The molecule has 1 unspecified atom stereocenters. The molecule has 0 saturated heterocycles. The molecule has 2 aliphatic rings. The van der Waals surface area contributed by atoms with Gasteiger partial charge in [-0.2, -0.15) is 0 Å². The van der Waals surface area contributed by atoms with Crippen LogP contribution in [0.2, 0.25) is 5.02 Å². The molecule has 2 atom stereocenters. The molecule has 6 heteroatoms. The minimum atomic E-state index is -3.70. The van der Waals surface area contributed by atoms with Gasteiger partial charge in [0, 0.05) is 16.5 Å². The van der Waals surface area contributed by atoms with Crippen molar-refractivity contribution in [2.75, 3.05) is 0 Å². The Balaban J connectivity index is 1.65. The second kappa shape index (κ2) is 6.87. The molecule has 0 aliphatic heterocycles. The number of primary sulfonamides is 1. The van der Waals surface area contributed by atoms with E-state index in [2.05, 4.69) is 6.07 Å². The van der Waals surface area contributed by atoms with Crippen LogP contribution in [0.15, 0.2) is 47.4 Å². The Morgan fingerprint density at radius 1 is 1.04 bits per heavy atom. The lowest BCUT2D eigenvalue weighted by atomic mass is 9.86. The van der Waals surface area contributed by atoms with Crippen molar-refractivity contribution in [2.24, 2.45) is 17.0 Å². The fraction of sp³-hybridized carbons (Fsp3) is 0.400. The number of fused-ring (bicyclic) bond motifs is 1. The normalized spacial score (nSPS) is 23.2. The summed E-state index contributed by atoms with van der Waals surface area (Å²) in [6, 6.07) is 12.3. The molecule has 2 aliphatic carbocycles. The number of nitrogens with two attached hydrogens (primary N) is 1. The van der Waals surface area contributed by atoms with Gasteiger partial charge in [-0.3, -0.25) is 0 Å². The predicted molar refractivity (Wildman–Crippen MR) is 102 cm³/mol. The Morgan fingerprint density at radius 2 is 1.73 bits per heavy atom. The van der Waals surface area contributed by atoms with Crippen molar-refractivity contribution in [2.45, 2.75) is 43.1 Å². The molecular formula is C20H22ClNO3S. The SMILES string of the molecule is NS(=O)(=O)c1ccc(O[C@H]2c3c(Cl)cccc3CC2C2CCCC2)cc1. The van der Waals surface area contributed by atoms with E-state index in [1.54, 1.807) is 12.1 Å². The molecule has 4 rings (SSSR count). The van der Waals surface area contributed by atoms with Crippen LogP contribution in [-0.2, 0) is 16.4 Å². The van der Waals surface area contributed by atoms with Crippen LogP contribution in [0.1, 0.15) is 42.9 Å². The zero-order valence-corrected chi connectivity index (χ0v) is 16.0. The van der Waals surface area contributed by atoms with E-state index < -0.39 is 10.0 Å². The summed E-state index contributed by atoms with van der Waals surface area (Å²) in [7, 11) is -3.70. The average molecular weight is 392 g/mol. The highest BCUT2D eigenvalue weighted by atomic mass is 35.5. The molecule has 26 heavy (non-hydrogen) atoms. The van der Waals surface area contributed by atoms with Gasteiger partial charge in [-0.25, -0.2) is 13.6 Å². The lowest BCUT2D eigenvalue weighted by Crippen LogP contribution is -2.21. The molecular weight excluding hydrogens is 370 g/mol. The van der Waals surface area contributed by atoms with Crippen LogP contribution in [0.4, 0.5) is 0 Å². The molecule has 0 amide bonds. The summed E-state index contributed by atoms with van der Waals surface area (Å²) in [4.78, 5) is 0.0852. The van der Waals surface area contributed by atoms with E-state index in [0.717, 1.165) is 17.0 Å². The van der Waals surface area contributed by atoms with Crippen molar-refractivity contribution in [1.82, 2.24) is 0 Å². The van der Waals surface area contributed by atoms with E-state index in [9.17, 15) is 8.42 Å². The summed E-state index contributed by atoms with van der Waals surface area (Å²) in [5.74, 6) is 1.69. The van der Waals surface area contributed by atoms with E-state index in [4.69, 9.17) is 21.5 Å². The average Bonchev–Trinajstić information content (AvgIpc) is 3.23. The summed E-state index contributed by atoms with van der Waals surface area (Å²) < 4.78 is 29.2. The fourth-order valence-corrected chi connectivity index (χ4v) is 5.27. The second-order valence-corrected chi connectivity index (χ2v) is 9.25. The standard InChI is InChI=1S/C20H22ClNO3S/c21-18-7-3-6-14-12-17(13-4-1-2-5-13)20(19(14)18)25-15-8-10-16(11-9-15)26(22,23)24/h3,6-11,13,17,20H,1-2,4-5,12H2,(H2,22,23,24)/t17?,20-/m1/s1. The maximum absolute atomic E-state index is 11.4. The van der Waals surface area contributed by atoms with Crippen molar-refractivity contribution >= 4 is 21.6 Å². The number of sulfonamides is 1. The molecule has 2 aromatic carbocycles. The van der Waals surface area contributed by atoms with Gasteiger partial charge >= 0.3 is 0 Å². The van der Waals surface area contributed by atoms with Gasteiger partial charge < -0.3 is 4.74 Å². The molecule has 2 aromatic rings. The van der Waals surface area contributed by atoms with Gasteiger partial charge in [-0.15, -0.1) is 0 Å². The smallest absolute Gasteiger partial charge is 0.238 e. The van der Waals surface area contributed by atoms with Gasteiger partial charge in [0.15, 0.2) is 0 Å². The van der Waals surface area contributed by atoms with Crippen LogP contribution in [-0.4, -0.2) is 8.42 Å². The van der Waals surface area contributed by atoms with Crippen molar-refractivity contribution < 1.29 is 13.2 Å². The molecule has 0 heterocycles. The fourth-order valence-electron chi connectivity index (χ4n) is 4.45. The highest BCUT2D eigenvalue weighted by Gasteiger charge is 2.41. The topological polar surface area (TPSA) is 69.4 Å². The highest BCUT2D eigenvalue weighted by Crippen LogP contribution is 2.49. The summed E-state index contributed by atoms with van der Waals surface area (Å²) in [5.41, 5.74) is 2.35. The van der Waals surface area contributed by atoms with Crippen molar-refractivity contribution in [1.29, 1.82) is 0 Å². The van der Waals surface area contributed by atoms with E-state index in [1.165, 1.54) is 43.4 Å². The summed E-state index contributed by atoms with van der Waals surface area (Å²) in [6.07, 6.45) is 5.92. The van der Waals surface area contributed by atoms with Crippen LogP contribution in [0.5, 0.6) is 5.75 Å². The van der Waals surface area contributed by atoms with Crippen LogP contribution >= 0.6 is 11.6 Å². The third-order valence-electron chi connectivity index (χ3n) is 5.69. The van der Waals surface area contributed by atoms with Crippen molar-refractivity contribution in [3.8, 4) is 5.75 Å². The molecule has 0 radical (unpaired) electrons. The zero-order chi connectivity index (χ0) is 18.3. The summed E-state index contributed by atoms with van der Waals surface area (Å²) >= 11 is 6.51. The number of halogens is 1. The Morgan fingerprint density at radius 3 is 2.38 bits per heavy atom. The van der Waals surface area contributed by atoms with E-state index in [1.807, 2.05) is 12.1 Å². The second-order valence-electron chi connectivity index (χ2n) is 7.28. The van der Waals surface area contributed by atoms with Gasteiger partial charge in [0.25, 0.3) is 0 Å². The van der Waals surface area contributed by atoms with Crippen LogP contribution < -0.4 is 9.88 Å². The first-order valence-electron chi connectivity index (χ1n) is 9.00. The Kier molecular flexibility index (Phi) is 4.71. The minimum Gasteiger partial charge on any atom is -0.485 e. The number of hydrogen-bond donors (Lipinski definition) is 1. The maximum Gasteiger partial charge on any atom is 0.238 e. The summed E-state index contributed by atoms with van der Waals surface area (Å²) in [5, 5.41) is 5.92. The van der Waals surface area contributed by atoms with Gasteiger partial charge in [0.1, 0.15) is 11.9 Å². The largest absolute Gasteiger partial charge is 0.485 e. The number of rotatable bonds is 4. The van der Waals surface area contributed by atoms with Crippen LogP contribution in [0.3, 0.4) is 0 Å². The molecule has 4 nitrogen and oxygen atoms in total. The predicted octanol–water partition coefficient (Wildman–Crippen LogP) is 4.47. The lowest BCUT2D eigenvalue weighted by Gasteiger charge is -2.27. The van der Waals surface area contributed by atoms with Gasteiger partial charge in [-0.1, -0.05) is 49.4 Å². The van der Waals surface area contributed by atoms with Gasteiger partial charge in [0.2, 0.25) is 10.0 Å². The van der Waals surface area contributed by atoms with E-state index >= 15 is 0 Å². The number of ether oxygens (including phenoxy) is 1. The molecule has 1 fully saturated rings. The Hall–Kier alpha value is -1.56. The molecule has 0 spiro atoms. The third-order valence-corrected chi connectivity index (χ3v) is 6.95. The highest BCUT2D eigenvalue weighted by molar-refractivity contribution is 7.89.